The fraction of sp³-hybridized carbons (Fsp3) is 0.320. The van der Waals surface area contributed by atoms with E-state index in [1.807, 2.05) is 32.0 Å². The normalized spacial score (nSPS) is 13.2. The number of carbonyl (C=O) groups excluding carboxylic acids is 2. The fourth-order valence-corrected chi connectivity index (χ4v) is 4.08. The molecule has 0 saturated heterocycles. The number of amides is 2. The van der Waals surface area contributed by atoms with Crippen LogP contribution >= 0.6 is 0 Å². The number of furan rings is 1. The van der Waals surface area contributed by atoms with Crippen LogP contribution in [0.2, 0.25) is 0 Å². The smallest absolute Gasteiger partial charge is 0.257 e. The average molecular weight is 450 g/mol. The number of ether oxygens (including phenoxy) is 1. The Morgan fingerprint density at radius 2 is 1.91 bits per heavy atom. The van der Waals surface area contributed by atoms with Gasteiger partial charge in [-0.25, -0.2) is 0 Å². The molecule has 2 amide bonds. The van der Waals surface area contributed by atoms with Gasteiger partial charge in [-0.3, -0.25) is 14.4 Å². The first-order valence-electron chi connectivity index (χ1n) is 10.9. The van der Waals surface area contributed by atoms with E-state index in [0.29, 0.717) is 48.6 Å². The van der Waals surface area contributed by atoms with Gasteiger partial charge in [0.2, 0.25) is 0 Å². The molecule has 0 atom stereocenters. The van der Waals surface area contributed by atoms with Crippen LogP contribution in [0, 0.1) is 13.8 Å². The van der Waals surface area contributed by atoms with Crippen LogP contribution < -0.4 is 15.6 Å². The molecule has 3 heterocycles. The highest BCUT2D eigenvalue weighted by Gasteiger charge is 2.27. The number of carbonyl (C=O) groups is 2. The predicted octanol–water partition coefficient (Wildman–Crippen LogP) is 2.70. The molecule has 0 radical (unpaired) electrons. The van der Waals surface area contributed by atoms with E-state index in [9.17, 15) is 14.4 Å². The number of aromatic nitrogens is 1. The van der Waals surface area contributed by atoms with Crippen molar-refractivity contribution < 1.29 is 18.7 Å². The molecule has 3 aromatic rings. The van der Waals surface area contributed by atoms with Crippen LogP contribution in [0.3, 0.4) is 0 Å². The highest BCUT2D eigenvalue weighted by Crippen LogP contribution is 2.23. The van der Waals surface area contributed by atoms with Crippen LogP contribution in [0.5, 0.6) is 5.75 Å². The van der Waals surface area contributed by atoms with Crippen molar-refractivity contribution in [1.82, 2.24) is 14.8 Å². The van der Waals surface area contributed by atoms with Crippen molar-refractivity contribution in [2.45, 2.75) is 33.4 Å². The number of nitrogens with one attached hydrogen (secondary N) is 1. The molecule has 33 heavy (non-hydrogen) atoms. The molecule has 8 nitrogen and oxygen atoms in total. The van der Waals surface area contributed by atoms with Crippen molar-refractivity contribution in [2.24, 2.45) is 0 Å². The van der Waals surface area contributed by atoms with Gasteiger partial charge in [0.05, 0.1) is 19.9 Å². The van der Waals surface area contributed by atoms with Gasteiger partial charge in [-0.1, -0.05) is 6.07 Å². The average Bonchev–Trinajstić information content (AvgIpc) is 3.23. The number of benzene rings is 1. The summed E-state index contributed by atoms with van der Waals surface area (Å²) < 4.78 is 12.2. The number of fused-ring (bicyclic) bond motifs is 1. The number of nitrogens with zero attached hydrogens (tertiary/aromatic N) is 2. The molecular formula is C25H27N3O5. The molecule has 2 aromatic heterocycles. The Morgan fingerprint density at radius 3 is 2.61 bits per heavy atom. The highest BCUT2D eigenvalue weighted by molar-refractivity contribution is 5.98. The molecule has 1 aliphatic rings. The van der Waals surface area contributed by atoms with Crippen molar-refractivity contribution in [2.75, 3.05) is 20.2 Å². The lowest BCUT2D eigenvalue weighted by molar-refractivity contribution is 0.0759. The van der Waals surface area contributed by atoms with Gasteiger partial charge in [-0.2, -0.15) is 0 Å². The largest absolute Gasteiger partial charge is 0.496 e. The minimum Gasteiger partial charge on any atom is -0.496 e. The third-order valence-electron chi connectivity index (χ3n) is 6.08. The summed E-state index contributed by atoms with van der Waals surface area (Å²) in [6, 6.07) is 10.5. The summed E-state index contributed by atoms with van der Waals surface area (Å²) in [5, 5.41) is 2.83. The van der Waals surface area contributed by atoms with Crippen molar-refractivity contribution >= 4 is 11.8 Å². The molecule has 0 fully saturated rings. The molecule has 172 valence electrons. The van der Waals surface area contributed by atoms with Gasteiger partial charge in [0.25, 0.3) is 17.4 Å². The lowest BCUT2D eigenvalue weighted by Gasteiger charge is -2.20. The van der Waals surface area contributed by atoms with Gasteiger partial charge in [0, 0.05) is 43.4 Å². The van der Waals surface area contributed by atoms with E-state index in [1.54, 1.807) is 21.6 Å². The standard InChI is InChI=1S/C25H27N3O5/c1-16-6-7-18(13-17(16)2)25(31)27-9-8-20-23(24(30)26-15-19-5-4-12-33-19)21(32-3)14-22(29)28(20)11-10-27/h4-7,12-14H,8-11,15H2,1-3H3,(H,26,30). The van der Waals surface area contributed by atoms with Gasteiger partial charge >= 0.3 is 0 Å². The first kappa shape index (κ1) is 22.4. The number of hydrogen-bond donors (Lipinski definition) is 1. The fourth-order valence-electron chi connectivity index (χ4n) is 4.08. The van der Waals surface area contributed by atoms with E-state index in [4.69, 9.17) is 9.15 Å². The molecular weight excluding hydrogens is 422 g/mol. The summed E-state index contributed by atoms with van der Waals surface area (Å²) in [6.45, 7) is 5.25. The lowest BCUT2D eigenvalue weighted by Crippen LogP contribution is -2.34. The SMILES string of the molecule is COc1cc(=O)n2c(c1C(=O)NCc1ccco1)CCN(C(=O)c1ccc(C)c(C)c1)CC2. The molecule has 4 rings (SSSR count). The maximum absolute atomic E-state index is 13.2. The summed E-state index contributed by atoms with van der Waals surface area (Å²) in [6.07, 6.45) is 1.89. The third kappa shape index (κ3) is 4.55. The second-order valence-electron chi connectivity index (χ2n) is 8.13. The maximum atomic E-state index is 13.2. The van der Waals surface area contributed by atoms with E-state index < -0.39 is 0 Å². The van der Waals surface area contributed by atoms with Crippen molar-refractivity contribution in [1.29, 1.82) is 0 Å². The summed E-state index contributed by atoms with van der Waals surface area (Å²) in [7, 11) is 1.43. The minimum absolute atomic E-state index is 0.0882. The highest BCUT2D eigenvalue weighted by atomic mass is 16.5. The Balaban J connectivity index is 1.61. The topological polar surface area (TPSA) is 93.8 Å². The molecule has 0 unspecified atom stereocenters. The summed E-state index contributed by atoms with van der Waals surface area (Å²) in [4.78, 5) is 40.8. The first-order chi connectivity index (χ1) is 15.9. The van der Waals surface area contributed by atoms with Gasteiger partial charge in [-0.05, 0) is 49.2 Å². The lowest BCUT2D eigenvalue weighted by atomic mass is 10.1. The molecule has 0 aliphatic carbocycles. The molecule has 0 saturated carbocycles. The second kappa shape index (κ2) is 9.36. The van der Waals surface area contributed by atoms with E-state index in [-0.39, 0.29) is 29.7 Å². The van der Waals surface area contributed by atoms with Gasteiger partial charge in [0.1, 0.15) is 17.1 Å². The van der Waals surface area contributed by atoms with E-state index >= 15 is 0 Å². The Kier molecular flexibility index (Phi) is 6.35. The Morgan fingerprint density at radius 1 is 1.09 bits per heavy atom. The Labute approximate surface area is 191 Å². The molecule has 0 bridgehead atoms. The Bertz CT molecular complexity index is 1240. The van der Waals surface area contributed by atoms with Crippen LogP contribution in [0.25, 0.3) is 0 Å². The number of aryl methyl sites for hydroxylation is 2. The van der Waals surface area contributed by atoms with E-state index in [2.05, 4.69) is 5.32 Å². The van der Waals surface area contributed by atoms with E-state index in [0.717, 1.165) is 11.1 Å². The van der Waals surface area contributed by atoms with Crippen molar-refractivity contribution in [3.8, 4) is 5.75 Å². The van der Waals surface area contributed by atoms with Gasteiger partial charge in [-0.15, -0.1) is 0 Å². The van der Waals surface area contributed by atoms with E-state index in [1.165, 1.54) is 19.4 Å². The number of hydrogen-bond acceptors (Lipinski definition) is 5. The Hall–Kier alpha value is -3.81. The van der Waals surface area contributed by atoms with Crippen LogP contribution in [0.1, 0.15) is 43.3 Å². The summed E-state index contributed by atoms with van der Waals surface area (Å²) in [5.74, 6) is 0.388. The van der Waals surface area contributed by atoms with Crippen LogP contribution in [-0.2, 0) is 19.5 Å². The molecule has 1 N–H and O–H groups in total. The monoisotopic (exact) mass is 449 g/mol. The molecule has 1 aromatic carbocycles. The van der Waals surface area contributed by atoms with Crippen LogP contribution in [0.15, 0.2) is 51.9 Å². The van der Waals surface area contributed by atoms with Crippen molar-refractivity contribution in [3.05, 3.63) is 86.7 Å². The predicted molar refractivity (Wildman–Crippen MR) is 123 cm³/mol. The minimum atomic E-state index is -0.360. The zero-order valence-electron chi connectivity index (χ0n) is 19.0. The second-order valence-corrected chi connectivity index (χ2v) is 8.13. The van der Waals surface area contributed by atoms with Crippen molar-refractivity contribution in [3.63, 3.8) is 0 Å². The van der Waals surface area contributed by atoms with Gasteiger partial charge in [0.15, 0.2) is 0 Å². The first-order valence-corrected chi connectivity index (χ1v) is 10.9. The number of pyridine rings is 1. The quantitative estimate of drug-likeness (QED) is 0.646. The molecule has 0 spiro atoms. The summed E-state index contributed by atoms with van der Waals surface area (Å²) in [5.41, 5.74) is 3.40. The molecule has 8 heteroatoms. The van der Waals surface area contributed by atoms with Crippen LogP contribution in [-0.4, -0.2) is 41.5 Å². The maximum Gasteiger partial charge on any atom is 0.257 e. The number of rotatable bonds is 5. The third-order valence-corrected chi connectivity index (χ3v) is 6.08. The summed E-state index contributed by atoms with van der Waals surface area (Å²) >= 11 is 0. The van der Waals surface area contributed by atoms with Gasteiger partial charge < -0.3 is 23.9 Å². The van der Waals surface area contributed by atoms with Crippen LogP contribution in [0.4, 0.5) is 0 Å². The zero-order chi connectivity index (χ0) is 23.5. The zero-order valence-corrected chi connectivity index (χ0v) is 19.0. The number of methoxy groups -OCH3 is 1. The molecule has 1 aliphatic heterocycles.